The van der Waals surface area contributed by atoms with Crippen LogP contribution in [0.1, 0.15) is 11.7 Å². The fourth-order valence-electron chi connectivity index (χ4n) is 2.74. The molecule has 1 atom stereocenters. The first-order valence-electron chi connectivity index (χ1n) is 7.53. The minimum absolute atomic E-state index is 0.253. The standard InChI is InChI=1S/C17H18ClN3O2/c18-14-12-19-7-6-15(14)20-8-10-21(11-9-20)17(23)16(22)13-4-2-1-3-5-13/h1-7,12,16,22H,8-11H2/t16-/m1/s1. The Hall–Kier alpha value is -2.11. The van der Waals surface area contributed by atoms with Gasteiger partial charge in [0.1, 0.15) is 0 Å². The minimum Gasteiger partial charge on any atom is -0.378 e. The number of hydrogen-bond donors (Lipinski definition) is 1. The number of aliphatic hydroxyl groups is 1. The Balaban J connectivity index is 1.63. The highest BCUT2D eigenvalue weighted by atomic mass is 35.5. The summed E-state index contributed by atoms with van der Waals surface area (Å²) in [6.07, 6.45) is 2.22. The van der Waals surface area contributed by atoms with Gasteiger partial charge in [-0.15, -0.1) is 0 Å². The van der Waals surface area contributed by atoms with E-state index in [1.807, 2.05) is 24.3 Å². The number of aliphatic hydroxyl groups excluding tert-OH is 1. The van der Waals surface area contributed by atoms with Crippen molar-refractivity contribution in [1.82, 2.24) is 9.88 Å². The van der Waals surface area contributed by atoms with Crippen LogP contribution in [0, 0.1) is 0 Å². The number of aromatic nitrogens is 1. The summed E-state index contributed by atoms with van der Waals surface area (Å²) in [6.45, 7) is 2.47. The summed E-state index contributed by atoms with van der Waals surface area (Å²) >= 11 is 6.16. The van der Waals surface area contributed by atoms with Crippen molar-refractivity contribution in [1.29, 1.82) is 0 Å². The molecule has 0 spiro atoms. The van der Waals surface area contributed by atoms with E-state index in [1.54, 1.807) is 29.4 Å². The normalized spacial score (nSPS) is 16.3. The Kier molecular flexibility index (Phi) is 4.79. The van der Waals surface area contributed by atoms with Crippen molar-refractivity contribution in [2.45, 2.75) is 6.10 Å². The van der Waals surface area contributed by atoms with Gasteiger partial charge in [-0.2, -0.15) is 0 Å². The Morgan fingerprint density at radius 1 is 1.13 bits per heavy atom. The molecule has 0 aliphatic carbocycles. The molecule has 3 rings (SSSR count). The summed E-state index contributed by atoms with van der Waals surface area (Å²) in [5.74, 6) is -0.253. The predicted molar refractivity (Wildman–Crippen MR) is 89.4 cm³/mol. The highest BCUT2D eigenvalue weighted by Crippen LogP contribution is 2.25. The second-order valence-electron chi connectivity index (χ2n) is 5.45. The fourth-order valence-corrected chi connectivity index (χ4v) is 2.98. The fraction of sp³-hybridized carbons (Fsp3) is 0.294. The molecule has 5 nitrogen and oxygen atoms in total. The first kappa shape index (κ1) is 15.8. The van der Waals surface area contributed by atoms with Crippen LogP contribution in [0.4, 0.5) is 5.69 Å². The number of carbonyl (C=O) groups is 1. The van der Waals surface area contributed by atoms with Crippen LogP contribution in [0.5, 0.6) is 0 Å². The molecule has 2 aromatic rings. The number of anilines is 1. The molecule has 1 saturated heterocycles. The number of rotatable bonds is 3. The van der Waals surface area contributed by atoms with Crippen LogP contribution in [0.15, 0.2) is 48.8 Å². The van der Waals surface area contributed by atoms with E-state index in [0.717, 1.165) is 5.69 Å². The maximum Gasteiger partial charge on any atom is 0.256 e. The highest BCUT2D eigenvalue weighted by Gasteiger charge is 2.27. The van der Waals surface area contributed by atoms with Gasteiger partial charge in [0, 0.05) is 38.6 Å². The van der Waals surface area contributed by atoms with Crippen molar-refractivity contribution in [3.05, 3.63) is 59.4 Å². The SMILES string of the molecule is O=C([C@H](O)c1ccccc1)N1CCN(c2ccncc2Cl)CC1. The molecule has 1 aromatic heterocycles. The van der Waals surface area contributed by atoms with Crippen LogP contribution in [0.25, 0.3) is 0 Å². The zero-order valence-electron chi connectivity index (χ0n) is 12.6. The van der Waals surface area contributed by atoms with Gasteiger partial charge in [-0.3, -0.25) is 9.78 Å². The Bertz CT molecular complexity index is 673. The first-order chi connectivity index (χ1) is 11.2. The zero-order chi connectivity index (χ0) is 16.2. The maximum atomic E-state index is 12.4. The molecule has 23 heavy (non-hydrogen) atoms. The van der Waals surface area contributed by atoms with E-state index in [2.05, 4.69) is 9.88 Å². The van der Waals surface area contributed by atoms with Crippen LogP contribution in [-0.2, 0) is 4.79 Å². The Morgan fingerprint density at radius 3 is 2.48 bits per heavy atom. The third-order valence-corrected chi connectivity index (χ3v) is 4.32. The van der Waals surface area contributed by atoms with Crippen molar-refractivity contribution in [2.24, 2.45) is 0 Å². The molecule has 1 aromatic carbocycles. The van der Waals surface area contributed by atoms with Gasteiger partial charge in [-0.05, 0) is 11.6 Å². The summed E-state index contributed by atoms with van der Waals surface area (Å²) in [6, 6.07) is 10.9. The Labute approximate surface area is 140 Å². The lowest BCUT2D eigenvalue weighted by Crippen LogP contribution is -2.50. The van der Waals surface area contributed by atoms with E-state index >= 15 is 0 Å². The van der Waals surface area contributed by atoms with Crippen LogP contribution < -0.4 is 4.90 Å². The quantitative estimate of drug-likeness (QED) is 0.936. The number of pyridine rings is 1. The van der Waals surface area contributed by atoms with Crippen LogP contribution in [-0.4, -0.2) is 47.1 Å². The molecule has 0 radical (unpaired) electrons. The average Bonchev–Trinajstić information content (AvgIpc) is 2.62. The highest BCUT2D eigenvalue weighted by molar-refractivity contribution is 6.33. The Morgan fingerprint density at radius 2 is 1.83 bits per heavy atom. The first-order valence-corrected chi connectivity index (χ1v) is 7.91. The average molecular weight is 332 g/mol. The number of hydrogen-bond acceptors (Lipinski definition) is 4. The molecule has 0 bridgehead atoms. The number of halogens is 1. The lowest BCUT2D eigenvalue weighted by atomic mass is 10.1. The van der Waals surface area contributed by atoms with Gasteiger partial charge in [0.25, 0.3) is 5.91 Å². The lowest BCUT2D eigenvalue weighted by Gasteiger charge is -2.37. The van der Waals surface area contributed by atoms with Crippen LogP contribution in [0.2, 0.25) is 5.02 Å². The minimum atomic E-state index is -1.10. The van der Waals surface area contributed by atoms with Crippen molar-refractivity contribution < 1.29 is 9.90 Å². The summed E-state index contributed by atoms with van der Waals surface area (Å²) in [5, 5.41) is 10.8. The molecule has 0 unspecified atom stereocenters. The predicted octanol–water partition coefficient (Wildman–Crippen LogP) is 2.12. The monoisotopic (exact) mass is 331 g/mol. The van der Waals surface area contributed by atoms with Crippen LogP contribution >= 0.6 is 11.6 Å². The topological polar surface area (TPSA) is 56.7 Å². The second kappa shape index (κ2) is 6.98. The van der Waals surface area contributed by atoms with E-state index in [9.17, 15) is 9.90 Å². The summed E-state index contributed by atoms with van der Waals surface area (Å²) in [4.78, 5) is 20.2. The molecule has 6 heteroatoms. The number of piperazine rings is 1. The van der Waals surface area contributed by atoms with Gasteiger partial charge in [-0.1, -0.05) is 41.9 Å². The van der Waals surface area contributed by atoms with Gasteiger partial charge < -0.3 is 14.9 Å². The van der Waals surface area contributed by atoms with Gasteiger partial charge in [-0.25, -0.2) is 0 Å². The third kappa shape index (κ3) is 3.46. The van der Waals surface area contributed by atoms with Gasteiger partial charge >= 0.3 is 0 Å². The largest absolute Gasteiger partial charge is 0.378 e. The number of carbonyl (C=O) groups excluding carboxylic acids is 1. The van der Waals surface area contributed by atoms with E-state index in [4.69, 9.17) is 11.6 Å². The van der Waals surface area contributed by atoms with E-state index in [1.165, 1.54) is 0 Å². The van der Waals surface area contributed by atoms with Gasteiger partial charge in [0.2, 0.25) is 0 Å². The molecule has 1 amide bonds. The van der Waals surface area contributed by atoms with Gasteiger partial charge in [0.05, 0.1) is 10.7 Å². The molecule has 1 aliphatic rings. The summed E-state index contributed by atoms with van der Waals surface area (Å²) in [7, 11) is 0. The molecule has 120 valence electrons. The molecule has 0 saturated carbocycles. The molecular weight excluding hydrogens is 314 g/mol. The van der Waals surface area contributed by atoms with Crippen molar-refractivity contribution >= 4 is 23.2 Å². The number of benzene rings is 1. The summed E-state index contributed by atoms with van der Waals surface area (Å²) in [5.41, 5.74) is 1.55. The number of amides is 1. The smallest absolute Gasteiger partial charge is 0.256 e. The van der Waals surface area contributed by atoms with E-state index < -0.39 is 6.10 Å². The number of nitrogens with zero attached hydrogens (tertiary/aromatic N) is 3. The molecule has 1 aliphatic heterocycles. The molecule has 1 N–H and O–H groups in total. The van der Waals surface area contributed by atoms with Crippen LogP contribution in [0.3, 0.4) is 0 Å². The zero-order valence-corrected chi connectivity index (χ0v) is 13.4. The summed E-state index contributed by atoms with van der Waals surface area (Å²) < 4.78 is 0. The van der Waals surface area contributed by atoms with Crippen molar-refractivity contribution in [3.8, 4) is 0 Å². The molecule has 1 fully saturated rings. The lowest BCUT2D eigenvalue weighted by molar-refractivity contribution is -0.140. The van der Waals surface area contributed by atoms with E-state index in [-0.39, 0.29) is 5.91 Å². The maximum absolute atomic E-state index is 12.4. The molecular formula is C17H18ClN3O2. The van der Waals surface area contributed by atoms with Crippen molar-refractivity contribution in [3.63, 3.8) is 0 Å². The van der Waals surface area contributed by atoms with E-state index in [0.29, 0.717) is 36.8 Å². The third-order valence-electron chi connectivity index (χ3n) is 4.03. The van der Waals surface area contributed by atoms with Gasteiger partial charge in [0.15, 0.2) is 6.10 Å². The van der Waals surface area contributed by atoms with Crippen molar-refractivity contribution in [2.75, 3.05) is 31.1 Å². The second-order valence-corrected chi connectivity index (χ2v) is 5.86. The molecule has 2 heterocycles.